The summed E-state index contributed by atoms with van der Waals surface area (Å²) in [4.78, 5) is 70.9. The zero-order chi connectivity index (χ0) is 71.0. The maximum absolute atomic E-state index is 13.7. The molecule has 6 fully saturated rings. The number of carbonyl (C=O) groups is 6. The number of methoxy groups -OCH3 is 1. The van der Waals surface area contributed by atoms with Crippen LogP contribution in [0.5, 0.6) is 0 Å². The van der Waals surface area contributed by atoms with Crippen molar-refractivity contribution in [3.8, 4) is 0 Å². The van der Waals surface area contributed by atoms with Gasteiger partial charge in [0.05, 0.1) is 65.5 Å². The van der Waals surface area contributed by atoms with Crippen molar-refractivity contribution in [2.24, 2.45) is 5.73 Å². The molecule has 0 radical (unpaired) electrons. The van der Waals surface area contributed by atoms with E-state index in [-0.39, 0.29) is 46.4 Å². The average Bonchev–Trinajstić information content (AvgIpc) is 1.68. The smallest absolute Gasteiger partial charge is 0.351 e. The maximum Gasteiger partial charge on any atom is 0.351 e. The summed E-state index contributed by atoms with van der Waals surface area (Å²) in [5.41, 5.74) is 11.0. The minimum Gasteiger partial charge on any atom is -0.477 e. The summed E-state index contributed by atoms with van der Waals surface area (Å²) in [7, 11) is 1.87. The van der Waals surface area contributed by atoms with Crippen LogP contribution in [-0.4, -0.2) is 112 Å². The number of carboxylic acids is 1. The van der Waals surface area contributed by atoms with Gasteiger partial charge in [-0.05, 0) is 214 Å². The van der Waals surface area contributed by atoms with Crippen molar-refractivity contribution >= 4 is 151 Å². The molecule has 21 nitrogen and oxygen atoms in total. The number of rotatable bonds is 19. The van der Waals surface area contributed by atoms with Crippen LogP contribution in [-0.2, 0) is 24.1 Å². The Morgan fingerprint density at radius 1 is 0.520 bits per heavy atom. The van der Waals surface area contributed by atoms with Gasteiger partial charge in [-0.15, -0.1) is 30.6 Å². The molecule has 6 aliphatic carbocycles. The molecule has 35 heteroatoms. The third-order valence-corrected chi connectivity index (χ3v) is 20.5. The summed E-state index contributed by atoms with van der Waals surface area (Å²) in [6.07, 6.45) is 16.2. The van der Waals surface area contributed by atoms with E-state index in [4.69, 9.17) is 57.2 Å². The second-order valence-electron chi connectivity index (χ2n) is 22.0. The van der Waals surface area contributed by atoms with Crippen LogP contribution in [0.15, 0.2) is 54.6 Å². The first-order valence-corrected chi connectivity index (χ1v) is 36.9. The number of carbonyl (C=O) groups excluding carboxylic acids is 5. The Bertz CT molecular complexity index is 4000. The lowest BCUT2D eigenvalue weighted by Crippen LogP contribution is -2.11. The molecule has 0 saturated heterocycles. The third kappa shape index (κ3) is 23.3. The van der Waals surface area contributed by atoms with Crippen LogP contribution >= 0.6 is 116 Å². The Balaban J connectivity index is 0.000000163. The number of halogens is 8. The molecule has 15 rings (SSSR count). The van der Waals surface area contributed by atoms with E-state index in [1.54, 1.807) is 24.3 Å². The molecule has 98 heavy (non-hydrogen) atoms. The molecule has 6 aromatic heterocycles. The molecule has 3 N–H and O–H groups in total. The summed E-state index contributed by atoms with van der Waals surface area (Å²) in [5.74, 6) is -0.760. The lowest BCUT2D eigenvalue weighted by molar-refractivity contribution is 0.0603. The lowest BCUT2D eigenvalue weighted by atomic mass is 10.0. The van der Waals surface area contributed by atoms with Crippen molar-refractivity contribution in [3.63, 3.8) is 0 Å². The number of nitrogens with two attached hydrogens (primary N) is 1. The van der Waals surface area contributed by atoms with Gasteiger partial charge in [-0.3, -0.25) is 23.6 Å². The number of aromatic nitrogens is 12. The predicted octanol–water partition coefficient (Wildman–Crippen LogP) is 16.9. The van der Waals surface area contributed by atoms with E-state index in [0.29, 0.717) is 100 Å². The fraction of sp³-hybridized carbons (Fsp3) is 0.429. The van der Waals surface area contributed by atoms with Crippen molar-refractivity contribution in [2.45, 2.75) is 159 Å². The van der Waals surface area contributed by atoms with Gasteiger partial charge in [0, 0.05) is 68.1 Å². The molecular weight excluding hydrogens is 1480 g/mol. The highest BCUT2D eigenvalue weighted by molar-refractivity contribution is 7.10. The monoisotopic (exact) mass is 1540 g/mol. The lowest BCUT2D eigenvalue weighted by Gasteiger charge is -2.05. The molecule has 0 unspecified atom stereocenters. The highest BCUT2D eigenvalue weighted by Gasteiger charge is 2.36. The van der Waals surface area contributed by atoms with E-state index in [0.717, 1.165) is 140 Å². The molecule has 6 saturated carbocycles. The van der Waals surface area contributed by atoms with Gasteiger partial charge in [0.25, 0.3) is 5.24 Å². The van der Waals surface area contributed by atoms with Crippen molar-refractivity contribution in [2.75, 3.05) is 14.3 Å². The number of aryl methyl sites for hydroxylation is 1. The second-order valence-corrected chi connectivity index (χ2v) is 28.2. The van der Waals surface area contributed by atoms with Gasteiger partial charge in [-0.25, -0.2) is 22.8 Å². The van der Waals surface area contributed by atoms with Crippen LogP contribution in [0.1, 0.15) is 248 Å². The van der Waals surface area contributed by atoms with E-state index >= 15 is 0 Å². The molecule has 6 heterocycles. The number of nitrogens with zero attached hydrogens (tertiary/aromatic N) is 12. The van der Waals surface area contributed by atoms with Gasteiger partial charge in [0.2, 0.25) is 0 Å². The Kier molecular flexibility index (Phi) is 31.7. The van der Waals surface area contributed by atoms with Crippen LogP contribution in [0.2, 0.25) is 15.1 Å². The highest BCUT2D eigenvalue weighted by atomic mass is 35.5. The molecule has 0 amide bonds. The van der Waals surface area contributed by atoms with Crippen LogP contribution in [0, 0.1) is 17.5 Å². The summed E-state index contributed by atoms with van der Waals surface area (Å²) in [6, 6.07) is 13.3. The number of hydrogen-bond acceptors (Lipinski definition) is 26. The number of esters is 1. The second kappa shape index (κ2) is 39.5. The predicted molar refractivity (Wildman–Crippen MR) is 371 cm³/mol. The quantitative estimate of drug-likeness (QED) is 0.0190. The number of ether oxygens (including phenoxy) is 1. The normalized spacial score (nSPS) is 14.5. The van der Waals surface area contributed by atoms with E-state index in [2.05, 4.69) is 62.3 Å². The molecule has 0 atom stereocenters. The molecule has 3 aromatic carbocycles. The summed E-state index contributed by atoms with van der Waals surface area (Å²) in [5, 5.41) is 32.8. The van der Waals surface area contributed by atoms with Gasteiger partial charge < -0.3 is 15.6 Å². The topological polar surface area (TPSA) is 313 Å². The molecule has 0 bridgehead atoms. The maximum atomic E-state index is 13.7. The van der Waals surface area contributed by atoms with Crippen LogP contribution < -0.4 is 5.73 Å². The average molecular weight is 1540 g/mol. The van der Waals surface area contributed by atoms with Gasteiger partial charge >= 0.3 is 11.9 Å². The zero-order valence-electron chi connectivity index (χ0n) is 53.0. The number of alkyl halides is 1. The van der Waals surface area contributed by atoms with Crippen molar-refractivity contribution in [3.05, 3.63) is 167 Å². The Morgan fingerprint density at radius 3 is 1.36 bits per heavy atom. The first kappa shape index (κ1) is 78.8. The molecule has 6 aliphatic rings. The SMILES string of the molecule is CC.CF.COC(=O)c1snnc1C1CC1.Fc1cccc(Cl)c1CCCc1snnc1C1CC1.NCc1c(F)cccc1Cl.O=C(CC(=O)c1c(F)cccc1Cl)c1snnc1C1CC1.O=C(Cl)c1snnc1C1CC1.O=C(O)c1snnc1C1CC1.O=Cc1snnc1C1CC1. The number of hydrogen-bond donors (Lipinski definition) is 2. The zero-order valence-corrected chi connectivity index (χ0v) is 60.9. The van der Waals surface area contributed by atoms with Crippen molar-refractivity contribution in [1.29, 1.82) is 0 Å². The highest BCUT2D eigenvalue weighted by Crippen LogP contribution is 2.45. The number of benzene rings is 3. The fourth-order valence-electron chi connectivity index (χ4n) is 8.98. The van der Waals surface area contributed by atoms with Crippen molar-refractivity contribution < 1.29 is 56.2 Å². The van der Waals surface area contributed by atoms with Gasteiger partial charge in [-0.1, -0.05) is 93.8 Å². The summed E-state index contributed by atoms with van der Waals surface area (Å²) >= 11 is 29.6. The minimum absolute atomic E-state index is 0.0117. The number of aromatic carboxylic acids is 1. The van der Waals surface area contributed by atoms with E-state index in [1.807, 2.05) is 13.8 Å². The minimum atomic E-state index is -0.901. The molecule has 9 aromatic rings. The molecular formula is C63H65Cl4F4N13O8S6. The number of aldehydes is 1. The first-order valence-electron chi connectivity index (χ1n) is 30.7. The van der Waals surface area contributed by atoms with Gasteiger partial charge in [0.1, 0.15) is 32.1 Å². The third-order valence-electron chi connectivity index (χ3n) is 14.8. The van der Waals surface area contributed by atoms with E-state index in [1.165, 1.54) is 90.7 Å². The Hall–Kier alpha value is -6.52. The van der Waals surface area contributed by atoms with E-state index < -0.39 is 29.2 Å². The van der Waals surface area contributed by atoms with Crippen LogP contribution in [0.25, 0.3) is 0 Å². The summed E-state index contributed by atoms with van der Waals surface area (Å²) in [6.45, 7) is 4.14. The Labute approximate surface area is 605 Å². The largest absolute Gasteiger partial charge is 0.477 e. The number of ketones is 2. The Morgan fingerprint density at radius 2 is 0.908 bits per heavy atom. The molecule has 522 valence electrons. The van der Waals surface area contributed by atoms with Crippen LogP contribution in [0.3, 0.4) is 0 Å². The molecule has 0 spiro atoms. The number of carboxylic acid groups (broad SMARTS) is 1. The first-order chi connectivity index (χ1) is 47.4. The van der Waals surface area contributed by atoms with Gasteiger partial charge in [-0.2, -0.15) is 0 Å². The van der Waals surface area contributed by atoms with Crippen LogP contribution in [0.4, 0.5) is 17.6 Å². The number of Topliss-reactive ketones (excluding diaryl/α,β-unsaturated/α-hetero) is 2. The molecule has 0 aliphatic heterocycles. The van der Waals surface area contributed by atoms with Crippen molar-refractivity contribution in [1.82, 2.24) is 57.5 Å². The fourth-order valence-corrected chi connectivity index (χ4v) is 13.8. The van der Waals surface area contributed by atoms with E-state index in [9.17, 15) is 46.3 Å². The van der Waals surface area contributed by atoms with Gasteiger partial charge in [0.15, 0.2) is 27.6 Å². The summed E-state index contributed by atoms with van der Waals surface area (Å²) < 4.78 is 76.7. The standard InChI is InChI=1S/C14H10ClFN2O2S.C14H14ClFN2S.C7H7ClFN.C7H8N2O2S.C6H5ClN2OS.C6H6N2O2S.C6H6N2OS.C2H6.CH3F/c15-8-2-1-3-9(16)12(8)10(19)6-11(20)14-13(7-4-5-7)17-18-21-14;15-11-4-2-5-12(16)10(11)3-1-6-13-14(9-7-8-9)17-18-19-13;8-6-2-1-3-7(9)5(6)4-10;1-11-7(10)6-5(4-2-3-4)8-9-12-6;7-6(10)5-4(3-1-2-3)8-9-11-5;9-6(10)5-4(3-1-2-3)7-8-11-5;9-3-5-6(4-1-2-4)7-8-10-5;2*1-2/h1-3,7H,4-6H2;2,4-5,9H,1,3,6-8H2;1-3H,4,10H2;4H,2-3H2,1H3;3H,1-2H2;3H,1-2H2,(H,9,10);3-4H,1-2H2;1-2H3;1H3.